The number of hydrogen-bond acceptors (Lipinski definition) is 4. The zero-order valence-electron chi connectivity index (χ0n) is 17.8. The molecule has 1 aromatic heterocycles. The number of rotatable bonds is 7. The first-order valence-corrected chi connectivity index (χ1v) is 10.9. The Bertz CT molecular complexity index is 1030. The Morgan fingerprint density at radius 2 is 1.81 bits per heavy atom. The summed E-state index contributed by atoms with van der Waals surface area (Å²) in [6.45, 7) is 6.06. The Hall–Kier alpha value is -2.99. The number of halogens is 1. The molecule has 1 N–H and O–H groups in total. The third-order valence-electron chi connectivity index (χ3n) is 5.68. The number of carbonyl (C=O) groups is 1. The van der Waals surface area contributed by atoms with Crippen molar-refractivity contribution in [3.05, 3.63) is 66.1 Å². The van der Waals surface area contributed by atoms with Crippen LogP contribution in [0.3, 0.4) is 0 Å². The molecule has 1 saturated heterocycles. The lowest BCUT2D eigenvalue weighted by Gasteiger charge is -2.29. The molecular weight excluding hydrogens is 393 g/mol. The van der Waals surface area contributed by atoms with Gasteiger partial charge in [-0.15, -0.1) is 0 Å². The van der Waals surface area contributed by atoms with Gasteiger partial charge in [-0.1, -0.05) is 37.6 Å². The lowest BCUT2D eigenvalue weighted by atomic mass is 10.1. The Balaban J connectivity index is 1.45. The van der Waals surface area contributed by atoms with Gasteiger partial charge in [0.2, 0.25) is 5.89 Å². The van der Waals surface area contributed by atoms with Crippen molar-refractivity contribution in [2.75, 3.05) is 26.2 Å². The Kier molecular flexibility index (Phi) is 6.77. The van der Waals surface area contributed by atoms with E-state index in [9.17, 15) is 9.18 Å². The standard InChI is InChI=1S/C25H28FN3O2/c1-18(17-29-13-7-2-8-14-29)15-27-24(30)19-9-3-4-10-20(19)25-28-16-23(31-25)21-11-5-6-12-22(21)26/h3-6,9-12,16,18H,2,7-8,13-15,17H2,1H3,(H,27,30)/t18-/m0/s1. The van der Waals surface area contributed by atoms with Crippen LogP contribution in [0.15, 0.2) is 59.1 Å². The summed E-state index contributed by atoms with van der Waals surface area (Å²) in [4.78, 5) is 19.7. The molecule has 1 atom stereocenters. The maximum atomic E-state index is 14.1. The van der Waals surface area contributed by atoms with E-state index >= 15 is 0 Å². The highest BCUT2D eigenvalue weighted by atomic mass is 19.1. The largest absolute Gasteiger partial charge is 0.436 e. The van der Waals surface area contributed by atoms with Crippen molar-refractivity contribution in [3.8, 4) is 22.8 Å². The fourth-order valence-corrected chi connectivity index (χ4v) is 4.06. The number of nitrogens with one attached hydrogen (secondary N) is 1. The van der Waals surface area contributed by atoms with Crippen LogP contribution in [0.5, 0.6) is 0 Å². The highest BCUT2D eigenvalue weighted by Crippen LogP contribution is 2.29. The summed E-state index contributed by atoms with van der Waals surface area (Å²) in [5, 5.41) is 3.05. The summed E-state index contributed by atoms with van der Waals surface area (Å²) < 4.78 is 19.9. The number of oxazole rings is 1. The van der Waals surface area contributed by atoms with E-state index in [1.165, 1.54) is 31.5 Å². The van der Waals surface area contributed by atoms with Gasteiger partial charge in [-0.25, -0.2) is 9.37 Å². The van der Waals surface area contributed by atoms with Crippen molar-refractivity contribution < 1.29 is 13.6 Å². The van der Waals surface area contributed by atoms with Gasteiger partial charge in [-0.05, 0) is 56.1 Å². The molecule has 162 valence electrons. The van der Waals surface area contributed by atoms with Crippen molar-refractivity contribution in [2.45, 2.75) is 26.2 Å². The average Bonchev–Trinajstić information content (AvgIpc) is 3.28. The van der Waals surface area contributed by atoms with Gasteiger partial charge < -0.3 is 14.6 Å². The average molecular weight is 422 g/mol. The molecule has 0 unspecified atom stereocenters. The second kappa shape index (κ2) is 9.88. The van der Waals surface area contributed by atoms with Crippen LogP contribution in [0, 0.1) is 11.7 Å². The number of amides is 1. The summed E-state index contributed by atoms with van der Waals surface area (Å²) in [5.74, 6) is 0.457. The van der Waals surface area contributed by atoms with Crippen LogP contribution in [0.2, 0.25) is 0 Å². The van der Waals surface area contributed by atoms with E-state index < -0.39 is 0 Å². The Labute approximate surface area is 182 Å². The van der Waals surface area contributed by atoms with Crippen LogP contribution in [0.25, 0.3) is 22.8 Å². The van der Waals surface area contributed by atoms with Crippen molar-refractivity contribution in [2.24, 2.45) is 5.92 Å². The smallest absolute Gasteiger partial charge is 0.252 e. The summed E-state index contributed by atoms with van der Waals surface area (Å²) in [6.07, 6.45) is 5.33. The topological polar surface area (TPSA) is 58.4 Å². The molecular formula is C25H28FN3O2. The molecule has 5 nitrogen and oxygen atoms in total. The van der Waals surface area contributed by atoms with Gasteiger partial charge in [0.05, 0.1) is 17.3 Å². The summed E-state index contributed by atoms with van der Waals surface area (Å²) in [5.41, 5.74) is 1.43. The molecule has 4 rings (SSSR count). The number of aromatic nitrogens is 1. The quantitative estimate of drug-likeness (QED) is 0.583. The molecule has 3 aromatic rings. The van der Waals surface area contributed by atoms with Crippen LogP contribution in [-0.2, 0) is 0 Å². The van der Waals surface area contributed by atoms with Crippen LogP contribution >= 0.6 is 0 Å². The lowest BCUT2D eigenvalue weighted by molar-refractivity contribution is 0.0943. The highest BCUT2D eigenvalue weighted by molar-refractivity contribution is 6.00. The predicted molar refractivity (Wildman–Crippen MR) is 119 cm³/mol. The molecule has 0 spiro atoms. The van der Waals surface area contributed by atoms with Crippen molar-refractivity contribution in [3.63, 3.8) is 0 Å². The van der Waals surface area contributed by atoms with E-state index in [0.717, 1.165) is 19.6 Å². The number of piperidine rings is 1. The number of benzene rings is 2. The van der Waals surface area contributed by atoms with E-state index in [-0.39, 0.29) is 11.7 Å². The Morgan fingerprint density at radius 3 is 2.58 bits per heavy atom. The monoisotopic (exact) mass is 421 g/mol. The molecule has 2 aromatic carbocycles. The van der Waals surface area contributed by atoms with Crippen molar-refractivity contribution in [1.29, 1.82) is 0 Å². The van der Waals surface area contributed by atoms with Gasteiger partial charge in [0.25, 0.3) is 5.91 Å². The van der Waals surface area contributed by atoms with Crippen molar-refractivity contribution in [1.82, 2.24) is 15.2 Å². The number of nitrogens with zero attached hydrogens (tertiary/aromatic N) is 2. The summed E-state index contributed by atoms with van der Waals surface area (Å²) >= 11 is 0. The molecule has 1 aliphatic rings. The zero-order chi connectivity index (χ0) is 21.6. The predicted octanol–water partition coefficient (Wildman–Crippen LogP) is 5.00. The van der Waals surface area contributed by atoms with E-state index in [1.54, 1.807) is 30.3 Å². The van der Waals surface area contributed by atoms with Crippen LogP contribution in [-0.4, -0.2) is 42.0 Å². The maximum Gasteiger partial charge on any atom is 0.252 e. The fourth-order valence-electron chi connectivity index (χ4n) is 4.06. The van der Waals surface area contributed by atoms with Gasteiger partial charge >= 0.3 is 0 Å². The highest BCUT2D eigenvalue weighted by Gasteiger charge is 2.19. The lowest BCUT2D eigenvalue weighted by Crippen LogP contribution is -2.38. The molecule has 1 aliphatic heterocycles. The minimum absolute atomic E-state index is 0.160. The number of likely N-dealkylation sites (tertiary alicyclic amines) is 1. The second-order valence-corrected chi connectivity index (χ2v) is 8.23. The molecule has 0 radical (unpaired) electrons. The molecule has 0 saturated carbocycles. The van der Waals surface area contributed by atoms with Crippen molar-refractivity contribution >= 4 is 5.91 Å². The molecule has 0 bridgehead atoms. The normalized spacial score (nSPS) is 15.5. The molecule has 2 heterocycles. The van der Waals surface area contributed by atoms with E-state index in [4.69, 9.17) is 4.42 Å². The third-order valence-corrected chi connectivity index (χ3v) is 5.68. The number of hydrogen-bond donors (Lipinski definition) is 1. The SMILES string of the molecule is C[C@@H](CNC(=O)c1ccccc1-c1ncc(-c2ccccc2F)o1)CN1CCCCC1. The first-order chi connectivity index (χ1) is 15.1. The summed E-state index contributed by atoms with van der Waals surface area (Å²) in [7, 11) is 0. The first-order valence-electron chi connectivity index (χ1n) is 10.9. The molecule has 31 heavy (non-hydrogen) atoms. The van der Waals surface area contributed by atoms with Gasteiger partial charge in [-0.3, -0.25) is 4.79 Å². The Morgan fingerprint density at radius 1 is 1.10 bits per heavy atom. The minimum Gasteiger partial charge on any atom is -0.436 e. The molecule has 1 amide bonds. The van der Waals surface area contributed by atoms with Gasteiger partial charge in [-0.2, -0.15) is 0 Å². The molecule has 1 fully saturated rings. The van der Waals surface area contributed by atoms with Gasteiger partial charge in [0, 0.05) is 18.7 Å². The minimum atomic E-state index is -0.376. The van der Waals surface area contributed by atoms with E-state index in [1.807, 2.05) is 12.1 Å². The third kappa shape index (κ3) is 5.20. The molecule has 0 aliphatic carbocycles. The van der Waals surface area contributed by atoms with E-state index in [2.05, 4.69) is 22.1 Å². The van der Waals surface area contributed by atoms with Crippen LogP contribution in [0.1, 0.15) is 36.5 Å². The fraction of sp³-hybridized carbons (Fsp3) is 0.360. The summed E-state index contributed by atoms with van der Waals surface area (Å²) in [6, 6.07) is 13.6. The van der Waals surface area contributed by atoms with Gasteiger partial charge in [0.15, 0.2) is 5.76 Å². The first kappa shape index (κ1) is 21.2. The number of carbonyl (C=O) groups excluding carboxylic acids is 1. The maximum absolute atomic E-state index is 14.1. The van der Waals surface area contributed by atoms with Gasteiger partial charge in [0.1, 0.15) is 5.82 Å². The second-order valence-electron chi connectivity index (χ2n) is 8.23. The zero-order valence-corrected chi connectivity index (χ0v) is 17.8. The van der Waals surface area contributed by atoms with Crippen LogP contribution in [0.4, 0.5) is 4.39 Å². The van der Waals surface area contributed by atoms with Crippen LogP contribution < -0.4 is 5.32 Å². The molecule has 6 heteroatoms. The van der Waals surface area contributed by atoms with E-state index in [0.29, 0.717) is 40.8 Å².